The molecule has 2 heterocycles. The molecule has 1 saturated heterocycles. The monoisotopic (exact) mass is 273 g/mol. The number of aromatic nitrogens is 2. The summed E-state index contributed by atoms with van der Waals surface area (Å²) in [5.74, 6) is 1.43. The van der Waals surface area contributed by atoms with Gasteiger partial charge in [-0.1, -0.05) is 35.5 Å². The molecule has 0 saturated carbocycles. The summed E-state index contributed by atoms with van der Waals surface area (Å²) in [7, 11) is 0. The Bertz CT molecular complexity index is 541. The quantitative estimate of drug-likeness (QED) is 0.851. The van der Waals surface area contributed by atoms with Crippen molar-refractivity contribution in [2.24, 2.45) is 0 Å². The molecule has 0 aliphatic carbocycles. The fraction of sp³-hybridized carbons (Fsp3) is 0.467. The van der Waals surface area contributed by atoms with E-state index in [1.54, 1.807) is 0 Å². The van der Waals surface area contributed by atoms with Crippen LogP contribution in [0, 0.1) is 0 Å². The van der Waals surface area contributed by atoms with E-state index in [0.717, 1.165) is 25.5 Å². The Balaban J connectivity index is 1.59. The van der Waals surface area contributed by atoms with Crippen LogP contribution in [0.5, 0.6) is 0 Å². The lowest BCUT2D eigenvalue weighted by Crippen LogP contribution is -2.40. The van der Waals surface area contributed by atoms with Crippen LogP contribution in [0.1, 0.15) is 24.2 Å². The van der Waals surface area contributed by atoms with Gasteiger partial charge in [-0.25, -0.2) is 0 Å². The van der Waals surface area contributed by atoms with Crippen LogP contribution < -0.4 is 0 Å². The van der Waals surface area contributed by atoms with Gasteiger partial charge in [0.15, 0.2) is 5.82 Å². The molecule has 1 aromatic heterocycles. The molecule has 0 radical (unpaired) electrons. The lowest BCUT2D eigenvalue weighted by atomic mass is 10.1. The SMILES string of the molecule is CC1CN(Cc2nc(Cc3ccccc3)no2)CCO1. The molecule has 0 N–H and O–H groups in total. The summed E-state index contributed by atoms with van der Waals surface area (Å²) in [6, 6.07) is 10.2. The molecule has 1 atom stereocenters. The van der Waals surface area contributed by atoms with Crippen molar-refractivity contribution in [2.45, 2.75) is 26.0 Å². The number of hydrogen-bond donors (Lipinski definition) is 0. The second kappa shape index (κ2) is 6.15. The standard InChI is InChI=1S/C15H19N3O2/c1-12-10-18(7-8-19-12)11-15-16-14(17-20-15)9-13-5-3-2-4-6-13/h2-6,12H,7-11H2,1H3. The van der Waals surface area contributed by atoms with Gasteiger partial charge in [-0.15, -0.1) is 0 Å². The van der Waals surface area contributed by atoms with Gasteiger partial charge < -0.3 is 9.26 Å². The van der Waals surface area contributed by atoms with E-state index in [9.17, 15) is 0 Å². The van der Waals surface area contributed by atoms with Crippen LogP contribution >= 0.6 is 0 Å². The average Bonchev–Trinajstić information content (AvgIpc) is 2.87. The predicted molar refractivity (Wildman–Crippen MR) is 74.2 cm³/mol. The largest absolute Gasteiger partial charge is 0.376 e. The molecule has 1 unspecified atom stereocenters. The van der Waals surface area contributed by atoms with Gasteiger partial charge in [0.2, 0.25) is 5.89 Å². The van der Waals surface area contributed by atoms with E-state index in [1.807, 2.05) is 18.2 Å². The summed E-state index contributed by atoms with van der Waals surface area (Å²) < 4.78 is 10.9. The van der Waals surface area contributed by atoms with E-state index in [0.29, 0.717) is 18.9 Å². The van der Waals surface area contributed by atoms with Gasteiger partial charge in [-0.05, 0) is 12.5 Å². The van der Waals surface area contributed by atoms with Crippen LogP contribution in [0.2, 0.25) is 0 Å². The van der Waals surface area contributed by atoms with E-state index in [4.69, 9.17) is 9.26 Å². The molecule has 1 aliphatic rings. The summed E-state index contributed by atoms with van der Waals surface area (Å²) in [6.45, 7) is 5.39. The number of benzene rings is 1. The van der Waals surface area contributed by atoms with E-state index in [-0.39, 0.29) is 6.10 Å². The van der Waals surface area contributed by atoms with Crippen molar-refractivity contribution in [3.63, 3.8) is 0 Å². The molecular weight excluding hydrogens is 254 g/mol. The van der Waals surface area contributed by atoms with Crippen LogP contribution in [-0.2, 0) is 17.7 Å². The fourth-order valence-electron chi connectivity index (χ4n) is 2.43. The number of morpholine rings is 1. The molecule has 20 heavy (non-hydrogen) atoms. The highest BCUT2D eigenvalue weighted by molar-refractivity contribution is 5.18. The van der Waals surface area contributed by atoms with Gasteiger partial charge in [0.25, 0.3) is 0 Å². The van der Waals surface area contributed by atoms with Crippen LogP contribution in [0.3, 0.4) is 0 Å². The van der Waals surface area contributed by atoms with Crippen LogP contribution in [0.25, 0.3) is 0 Å². The lowest BCUT2D eigenvalue weighted by molar-refractivity contribution is -0.0240. The maximum atomic E-state index is 5.52. The minimum Gasteiger partial charge on any atom is -0.376 e. The van der Waals surface area contributed by atoms with Gasteiger partial charge in [-0.2, -0.15) is 4.98 Å². The van der Waals surface area contributed by atoms with E-state index >= 15 is 0 Å². The van der Waals surface area contributed by atoms with Crippen LogP contribution in [-0.4, -0.2) is 40.8 Å². The molecule has 1 aliphatic heterocycles. The molecule has 106 valence electrons. The predicted octanol–water partition coefficient (Wildman–Crippen LogP) is 1.88. The molecule has 5 nitrogen and oxygen atoms in total. The van der Waals surface area contributed by atoms with Gasteiger partial charge in [-0.3, -0.25) is 4.90 Å². The average molecular weight is 273 g/mol. The number of nitrogens with zero attached hydrogens (tertiary/aromatic N) is 3. The number of ether oxygens (including phenoxy) is 1. The van der Waals surface area contributed by atoms with Gasteiger partial charge in [0.1, 0.15) is 0 Å². The van der Waals surface area contributed by atoms with Gasteiger partial charge in [0.05, 0.1) is 19.3 Å². The fourth-order valence-corrected chi connectivity index (χ4v) is 2.43. The third kappa shape index (κ3) is 3.43. The Kier molecular flexibility index (Phi) is 4.08. The van der Waals surface area contributed by atoms with Gasteiger partial charge >= 0.3 is 0 Å². The summed E-state index contributed by atoms with van der Waals surface area (Å²) >= 11 is 0. The highest BCUT2D eigenvalue weighted by Gasteiger charge is 2.19. The third-order valence-electron chi connectivity index (χ3n) is 3.40. The van der Waals surface area contributed by atoms with Crippen LogP contribution in [0.15, 0.2) is 34.9 Å². The minimum atomic E-state index is 0.274. The molecule has 0 amide bonds. The maximum Gasteiger partial charge on any atom is 0.240 e. The molecule has 2 aromatic rings. The first kappa shape index (κ1) is 13.3. The Morgan fingerprint density at radius 1 is 1.30 bits per heavy atom. The first-order valence-electron chi connectivity index (χ1n) is 6.99. The van der Waals surface area contributed by atoms with Gasteiger partial charge in [0, 0.05) is 19.5 Å². The first-order chi connectivity index (χ1) is 9.79. The normalized spacial score (nSPS) is 20.1. The topological polar surface area (TPSA) is 51.4 Å². The first-order valence-corrected chi connectivity index (χ1v) is 6.99. The van der Waals surface area contributed by atoms with Crippen molar-refractivity contribution >= 4 is 0 Å². The zero-order chi connectivity index (χ0) is 13.8. The Morgan fingerprint density at radius 3 is 2.95 bits per heavy atom. The molecule has 5 heteroatoms. The number of rotatable bonds is 4. The number of hydrogen-bond acceptors (Lipinski definition) is 5. The molecule has 1 aromatic carbocycles. The molecule has 3 rings (SSSR count). The summed E-state index contributed by atoms with van der Waals surface area (Å²) in [6.07, 6.45) is 0.986. The van der Waals surface area contributed by atoms with Crippen molar-refractivity contribution in [3.05, 3.63) is 47.6 Å². The third-order valence-corrected chi connectivity index (χ3v) is 3.40. The van der Waals surface area contributed by atoms with Crippen molar-refractivity contribution in [2.75, 3.05) is 19.7 Å². The zero-order valence-electron chi connectivity index (χ0n) is 11.7. The summed E-state index contributed by atoms with van der Waals surface area (Å²) in [5, 5.41) is 4.05. The molecule has 1 fully saturated rings. The molecular formula is C15H19N3O2. The summed E-state index contributed by atoms with van der Waals surface area (Å²) in [4.78, 5) is 6.75. The van der Waals surface area contributed by atoms with E-state index < -0.39 is 0 Å². The van der Waals surface area contributed by atoms with Crippen molar-refractivity contribution in [3.8, 4) is 0 Å². The second-order valence-electron chi connectivity index (χ2n) is 5.18. The molecule has 0 spiro atoms. The lowest BCUT2D eigenvalue weighted by Gasteiger charge is -2.29. The second-order valence-corrected chi connectivity index (χ2v) is 5.18. The summed E-state index contributed by atoms with van der Waals surface area (Å²) in [5.41, 5.74) is 1.19. The molecule has 0 bridgehead atoms. The highest BCUT2D eigenvalue weighted by Crippen LogP contribution is 2.11. The highest BCUT2D eigenvalue weighted by atomic mass is 16.5. The smallest absolute Gasteiger partial charge is 0.240 e. The Morgan fingerprint density at radius 2 is 2.15 bits per heavy atom. The Hall–Kier alpha value is -1.72. The van der Waals surface area contributed by atoms with E-state index in [2.05, 4.69) is 34.1 Å². The maximum absolute atomic E-state index is 5.52. The zero-order valence-corrected chi connectivity index (χ0v) is 11.7. The minimum absolute atomic E-state index is 0.274. The van der Waals surface area contributed by atoms with Crippen molar-refractivity contribution in [1.82, 2.24) is 15.0 Å². The van der Waals surface area contributed by atoms with Crippen LogP contribution in [0.4, 0.5) is 0 Å². The van der Waals surface area contributed by atoms with Crippen molar-refractivity contribution < 1.29 is 9.26 Å². The van der Waals surface area contributed by atoms with Crippen molar-refractivity contribution in [1.29, 1.82) is 0 Å². The van der Waals surface area contributed by atoms with E-state index in [1.165, 1.54) is 5.56 Å². The Labute approximate surface area is 118 Å².